The van der Waals surface area contributed by atoms with E-state index in [4.69, 9.17) is 4.74 Å². The van der Waals surface area contributed by atoms with Gasteiger partial charge in [-0.3, -0.25) is 5.32 Å². The summed E-state index contributed by atoms with van der Waals surface area (Å²) >= 11 is 0. The molecule has 27 heavy (non-hydrogen) atoms. The van der Waals surface area contributed by atoms with Crippen molar-refractivity contribution in [1.82, 2.24) is 14.5 Å². The molecular formula is C18H20N4O5. The number of amides is 1. The molecular weight excluding hydrogens is 352 g/mol. The van der Waals surface area contributed by atoms with Crippen molar-refractivity contribution in [3.05, 3.63) is 29.8 Å². The van der Waals surface area contributed by atoms with Crippen molar-refractivity contribution < 1.29 is 24.5 Å². The van der Waals surface area contributed by atoms with Crippen LogP contribution in [-0.4, -0.2) is 49.0 Å². The number of aliphatic hydroxyl groups is 1. The second-order valence-electron chi connectivity index (χ2n) is 6.92. The first-order valence-corrected chi connectivity index (χ1v) is 8.34. The molecule has 1 amide bonds. The molecule has 142 valence electrons. The highest BCUT2D eigenvalue weighted by Gasteiger charge is 2.27. The first-order valence-electron chi connectivity index (χ1n) is 8.34. The second-order valence-corrected chi connectivity index (χ2v) is 6.92. The van der Waals surface area contributed by atoms with Crippen LogP contribution in [0.15, 0.2) is 24.3 Å². The van der Waals surface area contributed by atoms with E-state index in [-0.39, 0.29) is 35.7 Å². The molecule has 0 saturated heterocycles. The Kier molecular flexibility index (Phi) is 4.71. The van der Waals surface area contributed by atoms with Crippen molar-refractivity contribution in [3.8, 4) is 0 Å². The van der Waals surface area contributed by atoms with Crippen molar-refractivity contribution in [2.45, 2.75) is 32.9 Å². The highest BCUT2D eigenvalue weighted by atomic mass is 16.6. The predicted molar refractivity (Wildman–Crippen MR) is 98.9 cm³/mol. The number of benzene rings is 1. The van der Waals surface area contributed by atoms with Crippen molar-refractivity contribution in [1.29, 1.82) is 0 Å². The van der Waals surface area contributed by atoms with Crippen molar-refractivity contribution in [3.63, 3.8) is 0 Å². The molecule has 0 saturated carbocycles. The van der Waals surface area contributed by atoms with E-state index in [9.17, 15) is 19.8 Å². The Labute approximate surface area is 154 Å². The van der Waals surface area contributed by atoms with Gasteiger partial charge < -0.3 is 19.5 Å². The van der Waals surface area contributed by atoms with E-state index in [0.717, 1.165) is 0 Å². The maximum Gasteiger partial charge on any atom is 0.413 e. The normalized spacial score (nSPS) is 11.7. The van der Waals surface area contributed by atoms with Crippen LogP contribution in [0.3, 0.4) is 0 Å². The molecule has 3 aromatic rings. The van der Waals surface area contributed by atoms with E-state index in [1.807, 2.05) is 0 Å². The number of nitrogens with zero attached hydrogens (tertiary/aromatic N) is 3. The highest BCUT2D eigenvalue weighted by molar-refractivity contribution is 6.10. The van der Waals surface area contributed by atoms with E-state index in [1.54, 1.807) is 45.0 Å². The van der Waals surface area contributed by atoms with Crippen LogP contribution in [0.5, 0.6) is 0 Å². The summed E-state index contributed by atoms with van der Waals surface area (Å²) in [5, 5.41) is 21.6. The van der Waals surface area contributed by atoms with Crippen LogP contribution < -0.4 is 5.32 Å². The summed E-state index contributed by atoms with van der Waals surface area (Å²) in [5.41, 5.74) is 0.515. The number of fused-ring (bicyclic) bond motifs is 2. The predicted octanol–water partition coefficient (Wildman–Crippen LogP) is 2.62. The molecule has 1 aromatic carbocycles. The summed E-state index contributed by atoms with van der Waals surface area (Å²) in [7, 11) is 0. The first-order chi connectivity index (χ1) is 12.7. The number of aromatic nitrogens is 3. The Hall–Kier alpha value is -3.20. The largest absolute Gasteiger partial charge is 0.477 e. The SMILES string of the molecule is CC(C)(C)OC(=O)Nc1c(C(=O)O)c2nc3ccccc3nc2n1CCO. The molecule has 9 nitrogen and oxygen atoms in total. The van der Waals surface area contributed by atoms with E-state index in [0.29, 0.717) is 11.0 Å². The van der Waals surface area contributed by atoms with Crippen molar-refractivity contribution in [2.75, 3.05) is 11.9 Å². The Balaban J connectivity index is 2.24. The molecule has 0 aliphatic heterocycles. The number of ether oxygens (including phenoxy) is 1. The zero-order chi connectivity index (χ0) is 19.8. The van der Waals surface area contributed by atoms with Crippen molar-refractivity contribution >= 4 is 40.1 Å². The third kappa shape index (κ3) is 3.68. The van der Waals surface area contributed by atoms with Crippen LogP contribution in [0.4, 0.5) is 10.6 Å². The fraction of sp³-hybridized carbons (Fsp3) is 0.333. The lowest BCUT2D eigenvalue weighted by molar-refractivity contribution is 0.0634. The maximum absolute atomic E-state index is 12.2. The number of aromatic carboxylic acids is 1. The molecule has 2 heterocycles. The van der Waals surface area contributed by atoms with E-state index in [1.165, 1.54) is 4.57 Å². The molecule has 0 aliphatic rings. The molecule has 0 spiro atoms. The Morgan fingerprint density at radius 1 is 1.19 bits per heavy atom. The number of carboxylic acid groups (broad SMARTS) is 1. The number of nitrogens with one attached hydrogen (secondary N) is 1. The smallest absolute Gasteiger partial charge is 0.413 e. The molecule has 0 fully saturated rings. The third-order valence-electron chi connectivity index (χ3n) is 3.71. The van der Waals surface area contributed by atoms with Gasteiger partial charge in [-0.05, 0) is 32.9 Å². The van der Waals surface area contributed by atoms with E-state index >= 15 is 0 Å². The van der Waals surface area contributed by atoms with Gasteiger partial charge in [0.05, 0.1) is 17.6 Å². The number of aliphatic hydroxyl groups excluding tert-OH is 1. The van der Waals surface area contributed by atoms with Gasteiger partial charge in [0.15, 0.2) is 5.65 Å². The molecule has 0 aliphatic carbocycles. The van der Waals surface area contributed by atoms with Gasteiger partial charge in [0.25, 0.3) is 0 Å². The minimum absolute atomic E-state index is 0.0297. The lowest BCUT2D eigenvalue weighted by Gasteiger charge is -2.20. The molecule has 3 rings (SSSR count). The molecule has 0 unspecified atom stereocenters. The van der Waals surface area contributed by atoms with Crippen LogP contribution in [0.2, 0.25) is 0 Å². The molecule has 2 aromatic heterocycles. The number of hydrogen-bond donors (Lipinski definition) is 3. The van der Waals surface area contributed by atoms with Gasteiger partial charge in [0.1, 0.15) is 22.5 Å². The van der Waals surface area contributed by atoms with Gasteiger partial charge in [-0.2, -0.15) is 0 Å². The number of anilines is 1. The summed E-state index contributed by atoms with van der Waals surface area (Å²) in [4.78, 5) is 33.0. The lowest BCUT2D eigenvalue weighted by Crippen LogP contribution is -2.28. The highest BCUT2D eigenvalue weighted by Crippen LogP contribution is 2.30. The average molecular weight is 372 g/mol. The summed E-state index contributed by atoms with van der Waals surface area (Å²) in [6.45, 7) is 4.85. The first kappa shape index (κ1) is 18.6. The average Bonchev–Trinajstić information content (AvgIpc) is 2.84. The van der Waals surface area contributed by atoms with Gasteiger partial charge >= 0.3 is 12.1 Å². The van der Waals surface area contributed by atoms with Crippen LogP contribution in [-0.2, 0) is 11.3 Å². The van der Waals surface area contributed by atoms with Crippen LogP contribution in [0.25, 0.3) is 22.2 Å². The van der Waals surface area contributed by atoms with Gasteiger partial charge in [-0.25, -0.2) is 19.6 Å². The Morgan fingerprint density at radius 2 is 1.81 bits per heavy atom. The standard InChI is InChI=1S/C18H20N4O5/c1-18(2,3)27-17(26)21-14-12(16(24)25)13-15(22(14)8-9-23)20-11-7-5-4-6-10(11)19-13/h4-7,23H,8-9H2,1-3H3,(H,21,26)(H,24,25). The number of rotatable bonds is 4. The molecule has 0 radical (unpaired) electrons. The maximum atomic E-state index is 12.2. The lowest BCUT2D eigenvalue weighted by atomic mass is 10.2. The zero-order valence-corrected chi connectivity index (χ0v) is 15.2. The number of carbonyl (C=O) groups excluding carboxylic acids is 1. The van der Waals surface area contributed by atoms with Gasteiger partial charge in [-0.1, -0.05) is 12.1 Å². The van der Waals surface area contributed by atoms with E-state index < -0.39 is 17.7 Å². The van der Waals surface area contributed by atoms with E-state index in [2.05, 4.69) is 15.3 Å². The second kappa shape index (κ2) is 6.84. The fourth-order valence-electron chi connectivity index (χ4n) is 2.75. The quantitative estimate of drug-likeness (QED) is 0.642. The monoisotopic (exact) mass is 372 g/mol. The summed E-state index contributed by atoms with van der Waals surface area (Å²) < 4.78 is 6.64. The van der Waals surface area contributed by atoms with Crippen molar-refractivity contribution in [2.24, 2.45) is 0 Å². The third-order valence-corrected chi connectivity index (χ3v) is 3.71. The van der Waals surface area contributed by atoms with Gasteiger partial charge in [0, 0.05) is 6.54 Å². The number of hydrogen-bond acceptors (Lipinski definition) is 6. The molecule has 0 bridgehead atoms. The molecule has 9 heteroatoms. The Morgan fingerprint density at radius 3 is 2.37 bits per heavy atom. The Bertz CT molecular complexity index is 1040. The fourth-order valence-corrected chi connectivity index (χ4v) is 2.75. The number of carboxylic acids is 1. The molecule has 0 atom stereocenters. The zero-order valence-electron chi connectivity index (χ0n) is 15.2. The summed E-state index contributed by atoms with van der Waals surface area (Å²) in [5.74, 6) is -1.30. The van der Waals surface area contributed by atoms with Crippen LogP contribution in [0.1, 0.15) is 31.1 Å². The van der Waals surface area contributed by atoms with Crippen LogP contribution in [0, 0.1) is 0 Å². The van der Waals surface area contributed by atoms with Gasteiger partial charge in [0.2, 0.25) is 0 Å². The summed E-state index contributed by atoms with van der Waals surface area (Å²) in [6.07, 6.45) is -0.809. The van der Waals surface area contributed by atoms with Crippen LogP contribution >= 0.6 is 0 Å². The minimum atomic E-state index is -1.27. The van der Waals surface area contributed by atoms with Gasteiger partial charge in [-0.15, -0.1) is 0 Å². The summed E-state index contributed by atoms with van der Waals surface area (Å²) in [6, 6.07) is 7.03. The number of carbonyl (C=O) groups is 2. The molecule has 3 N–H and O–H groups in total. The topological polar surface area (TPSA) is 127 Å². The number of para-hydroxylation sites is 2. The minimum Gasteiger partial charge on any atom is -0.477 e.